The molecular formula is C13H14N2. The molecule has 0 aromatic heterocycles. The monoisotopic (exact) mass is 198 g/mol. The molecule has 2 nitrogen and oxygen atoms in total. The standard InChI is InChI=1S/C13H14N2/c14-8-2-3-10-6-7-12-11(9-10)4-1-5-13(12)15/h2-3,6-7,9,13H,1,4-5,15H2. The Hall–Kier alpha value is -1.59. The molecular weight excluding hydrogens is 184 g/mol. The average molecular weight is 198 g/mol. The number of fused-ring (bicyclic) bond motifs is 1. The van der Waals surface area contributed by atoms with Crippen molar-refractivity contribution in [1.82, 2.24) is 0 Å². The van der Waals surface area contributed by atoms with Crippen LogP contribution < -0.4 is 5.73 Å². The molecule has 1 atom stereocenters. The molecule has 2 heteroatoms. The number of hydrogen-bond donors (Lipinski definition) is 1. The average Bonchev–Trinajstić information content (AvgIpc) is 2.26. The van der Waals surface area contributed by atoms with Gasteiger partial charge in [0.2, 0.25) is 0 Å². The summed E-state index contributed by atoms with van der Waals surface area (Å²) in [4.78, 5) is 0. The number of nitrogens with zero attached hydrogens (tertiary/aromatic N) is 1. The Morgan fingerprint density at radius 1 is 1.47 bits per heavy atom. The van der Waals surface area contributed by atoms with Crippen LogP contribution in [-0.2, 0) is 6.42 Å². The summed E-state index contributed by atoms with van der Waals surface area (Å²) in [5, 5.41) is 8.45. The molecule has 0 amide bonds. The Balaban J connectivity index is 2.34. The molecule has 0 saturated heterocycles. The van der Waals surface area contributed by atoms with Crippen LogP contribution in [0.3, 0.4) is 0 Å². The lowest BCUT2D eigenvalue weighted by Crippen LogP contribution is -2.17. The van der Waals surface area contributed by atoms with Gasteiger partial charge in [0, 0.05) is 12.1 Å². The lowest BCUT2D eigenvalue weighted by molar-refractivity contribution is 0.570. The first kappa shape index (κ1) is 9.95. The van der Waals surface area contributed by atoms with Crippen molar-refractivity contribution >= 4 is 6.08 Å². The molecule has 0 radical (unpaired) electrons. The minimum atomic E-state index is 0.197. The summed E-state index contributed by atoms with van der Waals surface area (Å²) in [5.41, 5.74) is 9.73. The van der Waals surface area contributed by atoms with E-state index in [0.29, 0.717) is 0 Å². The topological polar surface area (TPSA) is 49.8 Å². The fraction of sp³-hybridized carbons (Fsp3) is 0.308. The number of aryl methyl sites for hydroxylation is 1. The lowest BCUT2D eigenvalue weighted by Gasteiger charge is -2.22. The zero-order valence-corrected chi connectivity index (χ0v) is 8.61. The second-order valence-electron chi connectivity index (χ2n) is 3.92. The molecule has 1 aliphatic carbocycles. The molecule has 0 heterocycles. The maximum Gasteiger partial charge on any atom is 0.0912 e. The van der Waals surface area contributed by atoms with Gasteiger partial charge in [0.25, 0.3) is 0 Å². The Kier molecular flexibility index (Phi) is 2.84. The van der Waals surface area contributed by atoms with Gasteiger partial charge in [0.1, 0.15) is 0 Å². The Bertz CT molecular complexity index is 427. The van der Waals surface area contributed by atoms with E-state index < -0.39 is 0 Å². The zero-order chi connectivity index (χ0) is 10.7. The van der Waals surface area contributed by atoms with Gasteiger partial charge in [-0.15, -0.1) is 0 Å². The molecule has 15 heavy (non-hydrogen) atoms. The van der Waals surface area contributed by atoms with E-state index in [2.05, 4.69) is 12.1 Å². The molecule has 1 aromatic carbocycles. The smallest absolute Gasteiger partial charge is 0.0912 e. The minimum Gasteiger partial charge on any atom is -0.324 e. The van der Waals surface area contributed by atoms with Crippen molar-refractivity contribution in [3.63, 3.8) is 0 Å². The van der Waals surface area contributed by atoms with Crippen molar-refractivity contribution in [3.8, 4) is 6.07 Å². The summed E-state index contributed by atoms with van der Waals surface area (Å²) in [6.45, 7) is 0. The maximum absolute atomic E-state index is 8.45. The van der Waals surface area contributed by atoms with Crippen LogP contribution in [0.15, 0.2) is 24.3 Å². The van der Waals surface area contributed by atoms with E-state index in [1.165, 1.54) is 23.6 Å². The van der Waals surface area contributed by atoms with Gasteiger partial charge >= 0.3 is 0 Å². The molecule has 1 aromatic rings. The van der Waals surface area contributed by atoms with E-state index in [-0.39, 0.29) is 6.04 Å². The van der Waals surface area contributed by atoms with Crippen LogP contribution in [0, 0.1) is 11.3 Å². The molecule has 0 fully saturated rings. The van der Waals surface area contributed by atoms with Crippen molar-refractivity contribution in [2.24, 2.45) is 5.73 Å². The van der Waals surface area contributed by atoms with Gasteiger partial charge in [-0.1, -0.05) is 18.2 Å². The van der Waals surface area contributed by atoms with Crippen molar-refractivity contribution in [2.45, 2.75) is 25.3 Å². The fourth-order valence-electron chi connectivity index (χ4n) is 2.11. The molecule has 2 rings (SSSR count). The normalized spacial score (nSPS) is 19.9. The van der Waals surface area contributed by atoms with Gasteiger partial charge in [0.05, 0.1) is 6.07 Å². The molecule has 1 aliphatic rings. The van der Waals surface area contributed by atoms with E-state index in [1.54, 1.807) is 0 Å². The third-order valence-electron chi connectivity index (χ3n) is 2.88. The SMILES string of the molecule is N#CC=Cc1ccc2c(c1)CCCC2N. The maximum atomic E-state index is 8.45. The second-order valence-corrected chi connectivity index (χ2v) is 3.92. The highest BCUT2D eigenvalue weighted by Crippen LogP contribution is 2.28. The van der Waals surface area contributed by atoms with Crippen molar-refractivity contribution < 1.29 is 0 Å². The largest absolute Gasteiger partial charge is 0.324 e. The number of nitriles is 1. The predicted octanol–water partition coefficient (Wildman–Crippen LogP) is 2.56. The van der Waals surface area contributed by atoms with Gasteiger partial charge < -0.3 is 5.73 Å². The first-order valence-electron chi connectivity index (χ1n) is 5.26. The highest BCUT2D eigenvalue weighted by atomic mass is 14.6. The molecule has 0 saturated carbocycles. The quantitative estimate of drug-likeness (QED) is 0.705. The van der Waals surface area contributed by atoms with Crippen LogP contribution in [0.2, 0.25) is 0 Å². The van der Waals surface area contributed by atoms with Gasteiger partial charge in [-0.3, -0.25) is 0 Å². The van der Waals surface area contributed by atoms with E-state index in [4.69, 9.17) is 11.0 Å². The third kappa shape index (κ3) is 2.08. The summed E-state index contributed by atoms with van der Waals surface area (Å²) in [5.74, 6) is 0. The summed E-state index contributed by atoms with van der Waals surface area (Å²) < 4.78 is 0. The van der Waals surface area contributed by atoms with Crippen LogP contribution in [0.25, 0.3) is 6.08 Å². The first-order valence-corrected chi connectivity index (χ1v) is 5.26. The van der Waals surface area contributed by atoms with Gasteiger partial charge in [-0.05, 0) is 42.0 Å². The number of nitrogens with two attached hydrogens (primary N) is 1. The third-order valence-corrected chi connectivity index (χ3v) is 2.88. The summed E-state index contributed by atoms with van der Waals surface area (Å²) >= 11 is 0. The van der Waals surface area contributed by atoms with Gasteiger partial charge in [-0.2, -0.15) is 5.26 Å². The molecule has 2 N–H and O–H groups in total. The predicted molar refractivity (Wildman–Crippen MR) is 61.0 cm³/mol. The van der Waals surface area contributed by atoms with Crippen LogP contribution in [0.5, 0.6) is 0 Å². The Morgan fingerprint density at radius 2 is 2.33 bits per heavy atom. The van der Waals surface area contributed by atoms with Crippen molar-refractivity contribution in [3.05, 3.63) is 41.0 Å². The summed E-state index contributed by atoms with van der Waals surface area (Å²) in [6.07, 6.45) is 6.70. The summed E-state index contributed by atoms with van der Waals surface area (Å²) in [7, 11) is 0. The number of rotatable bonds is 1. The van der Waals surface area contributed by atoms with Gasteiger partial charge in [0.15, 0.2) is 0 Å². The highest BCUT2D eigenvalue weighted by molar-refractivity contribution is 5.54. The highest BCUT2D eigenvalue weighted by Gasteiger charge is 2.15. The van der Waals surface area contributed by atoms with Crippen molar-refractivity contribution in [1.29, 1.82) is 5.26 Å². The Labute approximate surface area is 90.0 Å². The fourth-order valence-corrected chi connectivity index (χ4v) is 2.11. The molecule has 0 aliphatic heterocycles. The van der Waals surface area contributed by atoms with E-state index >= 15 is 0 Å². The minimum absolute atomic E-state index is 0.197. The number of benzene rings is 1. The number of hydrogen-bond acceptors (Lipinski definition) is 2. The molecule has 0 bridgehead atoms. The molecule has 1 unspecified atom stereocenters. The number of allylic oxidation sites excluding steroid dienone is 1. The van der Waals surface area contributed by atoms with E-state index in [1.807, 2.05) is 18.2 Å². The van der Waals surface area contributed by atoms with E-state index in [9.17, 15) is 0 Å². The van der Waals surface area contributed by atoms with Crippen molar-refractivity contribution in [2.75, 3.05) is 0 Å². The second kappa shape index (κ2) is 4.29. The lowest BCUT2D eigenvalue weighted by atomic mass is 9.87. The molecule has 0 spiro atoms. The molecule has 76 valence electrons. The summed E-state index contributed by atoms with van der Waals surface area (Å²) in [6, 6.07) is 8.46. The van der Waals surface area contributed by atoms with Crippen LogP contribution in [-0.4, -0.2) is 0 Å². The first-order chi connectivity index (χ1) is 7.31. The van der Waals surface area contributed by atoms with E-state index in [0.717, 1.165) is 18.4 Å². The zero-order valence-electron chi connectivity index (χ0n) is 8.61. The van der Waals surface area contributed by atoms with Crippen LogP contribution >= 0.6 is 0 Å². The Morgan fingerprint density at radius 3 is 3.13 bits per heavy atom. The van der Waals surface area contributed by atoms with Crippen LogP contribution in [0.1, 0.15) is 35.6 Å². The van der Waals surface area contributed by atoms with Gasteiger partial charge in [-0.25, -0.2) is 0 Å². The van der Waals surface area contributed by atoms with Crippen LogP contribution in [0.4, 0.5) is 0 Å².